The number of hydrogen-bond acceptors (Lipinski definition) is 2. The maximum Gasteiger partial charge on any atom is 0.255 e. The fourth-order valence-electron chi connectivity index (χ4n) is 2.60. The number of benzene rings is 1. The summed E-state index contributed by atoms with van der Waals surface area (Å²) in [5.74, 6) is 0.234. The van der Waals surface area contributed by atoms with Crippen molar-refractivity contribution in [3.63, 3.8) is 0 Å². The molecule has 1 aromatic heterocycles. The SMILES string of the molecule is O=C(c1csc2ccccc12)N1CCC(CF)CC1. The van der Waals surface area contributed by atoms with Gasteiger partial charge in [0.15, 0.2) is 0 Å². The topological polar surface area (TPSA) is 20.3 Å². The summed E-state index contributed by atoms with van der Waals surface area (Å²) in [6.07, 6.45) is 1.56. The van der Waals surface area contributed by atoms with Gasteiger partial charge in [0, 0.05) is 28.6 Å². The molecule has 0 radical (unpaired) electrons. The van der Waals surface area contributed by atoms with Crippen molar-refractivity contribution in [2.45, 2.75) is 12.8 Å². The molecule has 0 spiro atoms. The summed E-state index contributed by atoms with van der Waals surface area (Å²) in [5.41, 5.74) is 0.791. The van der Waals surface area contributed by atoms with E-state index in [1.54, 1.807) is 11.3 Å². The lowest BCUT2D eigenvalue weighted by Crippen LogP contribution is -2.38. The van der Waals surface area contributed by atoms with E-state index >= 15 is 0 Å². The van der Waals surface area contributed by atoms with E-state index in [0.717, 1.165) is 28.5 Å². The van der Waals surface area contributed by atoms with Crippen LogP contribution in [0.4, 0.5) is 4.39 Å². The quantitative estimate of drug-likeness (QED) is 0.819. The molecular weight excluding hydrogens is 261 g/mol. The third-order valence-electron chi connectivity index (χ3n) is 3.83. The van der Waals surface area contributed by atoms with Crippen LogP contribution in [0.25, 0.3) is 10.1 Å². The van der Waals surface area contributed by atoms with Gasteiger partial charge in [0.05, 0.1) is 12.2 Å². The average molecular weight is 277 g/mol. The standard InChI is InChI=1S/C15H16FNOS/c16-9-11-5-7-17(8-6-11)15(18)13-10-19-14-4-2-1-3-12(13)14/h1-4,10-11H,5-9H2. The first-order valence-electron chi connectivity index (χ1n) is 6.61. The fourth-order valence-corrected chi connectivity index (χ4v) is 3.54. The number of carbonyl (C=O) groups is 1. The van der Waals surface area contributed by atoms with Crippen molar-refractivity contribution in [3.05, 3.63) is 35.2 Å². The van der Waals surface area contributed by atoms with Gasteiger partial charge >= 0.3 is 0 Å². The first-order chi connectivity index (χ1) is 9.29. The molecule has 1 aromatic carbocycles. The Morgan fingerprint density at radius 2 is 2.05 bits per heavy atom. The Morgan fingerprint density at radius 1 is 1.32 bits per heavy atom. The zero-order valence-electron chi connectivity index (χ0n) is 10.6. The van der Waals surface area contributed by atoms with Crippen LogP contribution in [-0.4, -0.2) is 30.6 Å². The summed E-state index contributed by atoms with van der Waals surface area (Å²) in [4.78, 5) is 14.4. The van der Waals surface area contributed by atoms with Crippen molar-refractivity contribution in [2.75, 3.05) is 19.8 Å². The number of hydrogen-bond donors (Lipinski definition) is 0. The van der Waals surface area contributed by atoms with Gasteiger partial charge in [0.1, 0.15) is 0 Å². The molecule has 0 unspecified atom stereocenters. The van der Waals surface area contributed by atoms with Gasteiger partial charge in [-0.1, -0.05) is 18.2 Å². The third kappa shape index (κ3) is 2.37. The van der Waals surface area contributed by atoms with Crippen LogP contribution in [0.3, 0.4) is 0 Å². The van der Waals surface area contributed by atoms with Gasteiger partial charge in [-0.25, -0.2) is 0 Å². The lowest BCUT2D eigenvalue weighted by Gasteiger charge is -2.30. The van der Waals surface area contributed by atoms with E-state index in [1.165, 1.54) is 0 Å². The first kappa shape index (κ1) is 12.6. The molecule has 0 N–H and O–H groups in total. The molecule has 1 fully saturated rings. The Kier molecular flexibility index (Phi) is 3.51. The van der Waals surface area contributed by atoms with Crippen LogP contribution < -0.4 is 0 Å². The number of piperidine rings is 1. The summed E-state index contributed by atoms with van der Waals surface area (Å²) >= 11 is 1.60. The lowest BCUT2D eigenvalue weighted by atomic mass is 9.98. The molecule has 2 heterocycles. The van der Waals surface area contributed by atoms with Crippen LogP contribution >= 0.6 is 11.3 Å². The molecule has 0 aliphatic carbocycles. The molecule has 1 saturated heterocycles. The summed E-state index contributed by atoms with van der Waals surface area (Å²) in [7, 11) is 0. The number of halogens is 1. The predicted octanol–water partition coefficient (Wildman–Crippen LogP) is 3.72. The predicted molar refractivity (Wildman–Crippen MR) is 76.4 cm³/mol. The highest BCUT2D eigenvalue weighted by Gasteiger charge is 2.24. The molecular formula is C15H16FNOS. The van der Waals surface area contributed by atoms with E-state index in [1.807, 2.05) is 34.5 Å². The Labute approximate surface area is 115 Å². The van der Waals surface area contributed by atoms with Crippen molar-refractivity contribution >= 4 is 27.3 Å². The maximum absolute atomic E-state index is 12.6. The molecule has 1 aliphatic rings. The average Bonchev–Trinajstić information content (AvgIpc) is 2.90. The Hall–Kier alpha value is -1.42. The number of fused-ring (bicyclic) bond motifs is 1. The van der Waals surface area contributed by atoms with Gasteiger partial charge in [0.25, 0.3) is 5.91 Å². The Bertz CT molecular complexity index is 587. The molecule has 3 rings (SSSR count). The number of likely N-dealkylation sites (tertiary alicyclic amines) is 1. The molecule has 0 saturated carbocycles. The number of rotatable bonds is 2. The Balaban J connectivity index is 1.81. The zero-order valence-corrected chi connectivity index (χ0v) is 11.5. The van der Waals surface area contributed by atoms with Crippen LogP contribution in [0.15, 0.2) is 29.6 Å². The third-order valence-corrected chi connectivity index (χ3v) is 4.79. The number of carbonyl (C=O) groups excluding carboxylic acids is 1. The fraction of sp³-hybridized carbons (Fsp3) is 0.400. The van der Waals surface area contributed by atoms with Crippen molar-refractivity contribution in [3.8, 4) is 0 Å². The molecule has 2 nitrogen and oxygen atoms in total. The number of alkyl halides is 1. The number of thiophene rings is 1. The van der Waals surface area contributed by atoms with Crippen molar-refractivity contribution < 1.29 is 9.18 Å². The van der Waals surface area contributed by atoms with Crippen molar-refractivity contribution in [1.82, 2.24) is 4.90 Å². The normalized spacial score (nSPS) is 17.0. The first-order valence-corrected chi connectivity index (χ1v) is 7.49. The van der Waals surface area contributed by atoms with Gasteiger partial charge in [-0.15, -0.1) is 11.3 Å². The van der Waals surface area contributed by atoms with E-state index in [-0.39, 0.29) is 18.5 Å². The van der Waals surface area contributed by atoms with Gasteiger partial charge in [-0.3, -0.25) is 9.18 Å². The minimum absolute atomic E-state index is 0.0924. The van der Waals surface area contributed by atoms with Crippen LogP contribution in [0, 0.1) is 5.92 Å². The van der Waals surface area contributed by atoms with Crippen LogP contribution in [0.5, 0.6) is 0 Å². The highest BCUT2D eigenvalue weighted by atomic mass is 32.1. The molecule has 1 aliphatic heterocycles. The Morgan fingerprint density at radius 3 is 2.79 bits per heavy atom. The van der Waals surface area contributed by atoms with E-state index in [4.69, 9.17) is 0 Å². The monoisotopic (exact) mass is 277 g/mol. The summed E-state index contributed by atoms with van der Waals surface area (Å²) in [6, 6.07) is 7.97. The van der Waals surface area contributed by atoms with E-state index < -0.39 is 0 Å². The lowest BCUT2D eigenvalue weighted by molar-refractivity contribution is 0.0680. The molecule has 19 heavy (non-hydrogen) atoms. The summed E-state index contributed by atoms with van der Waals surface area (Å²) < 4.78 is 13.7. The second-order valence-electron chi connectivity index (χ2n) is 5.04. The van der Waals surface area contributed by atoms with Gasteiger partial charge in [-0.2, -0.15) is 0 Å². The highest BCUT2D eigenvalue weighted by Crippen LogP contribution is 2.28. The van der Waals surface area contributed by atoms with Crippen LogP contribution in [0.1, 0.15) is 23.2 Å². The minimum atomic E-state index is -0.261. The smallest absolute Gasteiger partial charge is 0.255 e. The molecule has 100 valence electrons. The number of nitrogens with zero attached hydrogens (tertiary/aromatic N) is 1. The second kappa shape index (κ2) is 5.29. The molecule has 1 amide bonds. The molecule has 4 heteroatoms. The molecule has 0 atom stereocenters. The van der Waals surface area contributed by atoms with Crippen molar-refractivity contribution in [1.29, 1.82) is 0 Å². The minimum Gasteiger partial charge on any atom is -0.339 e. The molecule has 0 bridgehead atoms. The largest absolute Gasteiger partial charge is 0.339 e. The maximum atomic E-state index is 12.6. The number of amides is 1. The summed E-state index contributed by atoms with van der Waals surface area (Å²) in [6.45, 7) is 1.10. The van der Waals surface area contributed by atoms with Crippen LogP contribution in [0.2, 0.25) is 0 Å². The van der Waals surface area contributed by atoms with Gasteiger partial charge < -0.3 is 4.90 Å². The zero-order chi connectivity index (χ0) is 13.2. The molecule has 2 aromatic rings. The van der Waals surface area contributed by atoms with Crippen LogP contribution in [-0.2, 0) is 0 Å². The highest BCUT2D eigenvalue weighted by molar-refractivity contribution is 7.17. The van der Waals surface area contributed by atoms with E-state index in [0.29, 0.717) is 13.1 Å². The van der Waals surface area contributed by atoms with Gasteiger partial charge in [-0.05, 0) is 24.8 Å². The van der Waals surface area contributed by atoms with E-state index in [9.17, 15) is 9.18 Å². The van der Waals surface area contributed by atoms with Crippen molar-refractivity contribution in [2.24, 2.45) is 5.92 Å². The van der Waals surface area contributed by atoms with Gasteiger partial charge in [0.2, 0.25) is 0 Å². The van der Waals surface area contributed by atoms with E-state index in [2.05, 4.69) is 0 Å². The second-order valence-corrected chi connectivity index (χ2v) is 5.95. The summed E-state index contributed by atoms with van der Waals surface area (Å²) in [5, 5.41) is 2.97.